The van der Waals surface area contributed by atoms with Crippen LogP contribution in [0, 0.1) is 0 Å². The summed E-state index contributed by atoms with van der Waals surface area (Å²) in [5.74, 6) is -0.687. The molecule has 2 heterocycles. The lowest BCUT2D eigenvalue weighted by Crippen LogP contribution is -2.13. The highest BCUT2D eigenvalue weighted by Gasteiger charge is 2.21. The summed E-state index contributed by atoms with van der Waals surface area (Å²) in [5.41, 5.74) is 10.3. The number of carbonyl (C=O) groups excluding carboxylic acids is 3. The highest BCUT2D eigenvalue weighted by Crippen LogP contribution is 2.25. The Morgan fingerprint density at radius 1 is 0.629 bits per heavy atom. The van der Waals surface area contributed by atoms with E-state index >= 15 is 0 Å². The van der Waals surface area contributed by atoms with Crippen LogP contribution in [0.4, 0.5) is 0 Å². The van der Waals surface area contributed by atoms with Gasteiger partial charge in [-0.3, -0.25) is 14.4 Å². The molecule has 170 valence electrons. The number of nitrogens with zero attached hydrogens (tertiary/aromatic N) is 1. The van der Waals surface area contributed by atoms with Crippen LogP contribution in [-0.2, 0) is 0 Å². The molecule has 3 aromatic carbocycles. The molecule has 0 saturated carbocycles. The molecule has 0 spiro atoms. The molecule has 0 unspecified atom stereocenters. The van der Waals surface area contributed by atoms with Gasteiger partial charge in [0.1, 0.15) is 0 Å². The van der Waals surface area contributed by atoms with Gasteiger partial charge in [0.2, 0.25) is 5.78 Å². The van der Waals surface area contributed by atoms with Crippen LogP contribution < -0.4 is 5.73 Å². The molecular weight excluding hydrogens is 436 g/mol. The van der Waals surface area contributed by atoms with Gasteiger partial charge in [0.05, 0.1) is 17.8 Å². The van der Waals surface area contributed by atoms with Crippen LogP contribution in [0.3, 0.4) is 0 Å². The molecule has 0 amide bonds. The molecule has 5 rings (SSSR count). The van der Waals surface area contributed by atoms with E-state index in [1.165, 1.54) is 0 Å². The number of hydrogen-bond acceptors (Lipinski definition) is 4. The Hall–Kier alpha value is -4.61. The van der Waals surface area contributed by atoms with Gasteiger partial charge in [0, 0.05) is 28.5 Å². The topological polar surface area (TPSA) is 81.6 Å². The van der Waals surface area contributed by atoms with Crippen molar-refractivity contribution < 1.29 is 14.4 Å². The first-order chi connectivity index (χ1) is 17.1. The zero-order valence-electron chi connectivity index (χ0n) is 18.8. The van der Waals surface area contributed by atoms with Crippen LogP contribution in [0.25, 0.3) is 16.6 Å². The molecule has 2 N–H and O–H groups in total. The number of nitrogens with two attached hydrogens (primary N) is 1. The predicted molar refractivity (Wildman–Crippen MR) is 136 cm³/mol. The van der Waals surface area contributed by atoms with E-state index in [2.05, 4.69) is 0 Å². The maximum atomic E-state index is 13.4. The van der Waals surface area contributed by atoms with E-state index < -0.39 is 0 Å². The third-order valence-electron chi connectivity index (χ3n) is 6.04. The lowest BCUT2D eigenvalue weighted by atomic mass is 10.0. The zero-order chi connectivity index (χ0) is 24.4. The molecule has 5 nitrogen and oxygen atoms in total. The van der Waals surface area contributed by atoms with Crippen molar-refractivity contribution in [2.45, 2.75) is 0 Å². The van der Waals surface area contributed by atoms with Gasteiger partial charge >= 0.3 is 0 Å². The number of benzene rings is 3. The largest absolute Gasteiger partial charge is 0.324 e. The van der Waals surface area contributed by atoms with Crippen molar-refractivity contribution in [1.29, 1.82) is 0 Å². The third kappa shape index (κ3) is 4.21. The van der Waals surface area contributed by atoms with E-state index in [9.17, 15) is 14.4 Å². The average Bonchev–Trinajstić information content (AvgIpc) is 3.32. The van der Waals surface area contributed by atoms with E-state index in [-0.39, 0.29) is 23.9 Å². The summed E-state index contributed by atoms with van der Waals surface area (Å²) in [6.45, 7) is -0.198. The molecular formula is C30H22N2O3. The first kappa shape index (κ1) is 22.2. The fourth-order valence-corrected chi connectivity index (χ4v) is 4.20. The summed E-state index contributed by atoms with van der Waals surface area (Å²) < 4.78 is 1.65. The molecule has 0 radical (unpaired) electrons. The molecule has 35 heavy (non-hydrogen) atoms. The maximum absolute atomic E-state index is 13.4. The lowest BCUT2D eigenvalue weighted by Gasteiger charge is -2.07. The minimum atomic E-state index is -0.301. The molecule has 5 heteroatoms. The molecule has 0 atom stereocenters. The Morgan fingerprint density at radius 3 is 1.89 bits per heavy atom. The summed E-state index contributed by atoms with van der Waals surface area (Å²) in [7, 11) is 0. The molecule has 0 aliphatic rings. The summed E-state index contributed by atoms with van der Waals surface area (Å²) in [4.78, 5) is 39.0. The molecule has 0 aliphatic carbocycles. The lowest BCUT2D eigenvalue weighted by molar-refractivity contribution is 0.100. The fraction of sp³-hybridized carbons (Fsp3) is 0.0333. The minimum absolute atomic E-state index is 0.162. The minimum Gasteiger partial charge on any atom is -0.324 e. The van der Waals surface area contributed by atoms with E-state index in [0.717, 1.165) is 11.1 Å². The number of ketones is 3. The molecule has 0 bridgehead atoms. The molecule has 0 fully saturated rings. The summed E-state index contributed by atoms with van der Waals surface area (Å²) >= 11 is 0. The van der Waals surface area contributed by atoms with Gasteiger partial charge < -0.3 is 10.1 Å². The van der Waals surface area contributed by atoms with Crippen molar-refractivity contribution >= 4 is 22.9 Å². The maximum Gasteiger partial charge on any atom is 0.209 e. The van der Waals surface area contributed by atoms with Gasteiger partial charge in [0.15, 0.2) is 11.6 Å². The number of aromatic nitrogens is 1. The highest BCUT2D eigenvalue weighted by atomic mass is 16.1. The SMILES string of the molecule is NCC(=O)c1cc(C(=O)c2ccc(-c3ccccc3)cc2)n2ccc(C(=O)c3ccccc3)cc12. The second kappa shape index (κ2) is 9.33. The summed E-state index contributed by atoms with van der Waals surface area (Å²) in [5, 5.41) is 0. The molecule has 0 saturated heterocycles. The van der Waals surface area contributed by atoms with Gasteiger partial charge in [-0.2, -0.15) is 0 Å². The van der Waals surface area contributed by atoms with E-state index in [0.29, 0.717) is 33.5 Å². The van der Waals surface area contributed by atoms with Crippen molar-refractivity contribution in [3.05, 3.63) is 137 Å². The first-order valence-corrected chi connectivity index (χ1v) is 11.2. The highest BCUT2D eigenvalue weighted by molar-refractivity contribution is 6.14. The van der Waals surface area contributed by atoms with Gasteiger partial charge in [-0.15, -0.1) is 0 Å². The van der Waals surface area contributed by atoms with Crippen molar-refractivity contribution in [2.24, 2.45) is 5.73 Å². The Balaban J connectivity index is 1.55. The van der Waals surface area contributed by atoms with Gasteiger partial charge in [-0.05, 0) is 29.3 Å². The van der Waals surface area contributed by atoms with E-state index in [1.54, 1.807) is 65.2 Å². The summed E-state index contributed by atoms with van der Waals surface area (Å²) in [6.07, 6.45) is 1.66. The Labute approximate surface area is 202 Å². The van der Waals surface area contributed by atoms with Crippen LogP contribution in [0.2, 0.25) is 0 Å². The van der Waals surface area contributed by atoms with Gasteiger partial charge in [0.25, 0.3) is 0 Å². The van der Waals surface area contributed by atoms with Crippen LogP contribution in [-0.4, -0.2) is 28.3 Å². The van der Waals surface area contributed by atoms with Crippen LogP contribution in [0.5, 0.6) is 0 Å². The number of rotatable bonds is 7. The van der Waals surface area contributed by atoms with Crippen molar-refractivity contribution in [2.75, 3.05) is 6.54 Å². The fourth-order valence-electron chi connectivity index (χ4n) is 4.20. The van der Waals surface area contributed by atoms with Crippen molar-refractivity contribution in [1.82, 2.24) is 4.40 Å². The predicted octanol–water partition coefficient (Wildman–Crippen LogP) is 5.21. The number of Topliss-reactive ketones (excluding diaryl/α,β-unsaturated/α-hetero) is 1. The van der Waals surface area contributed by atoms with Crippen molar-refractivity contribution in [3.8, 4) is 11.1 Å². The molecule has 0 aliphatic heterocycles. The number of hydrogen-bond donors (Lipinski definition) is 1. The Bertz CT molecular complexity index is 1550. The first-order valence-electron chi connectivity index (χ1n) is 11.2. The quantitative estimate of drug-likeness (QED) is 0.340. The van der Waals surface area contributed by atoms with Crippen LogP contribution in [0.15, 0.2) is 109 Å². The van der Waals surface area contributed by atoms with Crippen LogP contribution >= 0.6 is 0 Å². The average molecular weight is 459 g/mol. The number of pyridine rings is 1. The molecule has 2 aromatic heterocycles. The Morgan fingerprint density at radius 2 is 1.23 bits per heavy atom. The number of carbonyl (C=O) groups is 3. The standard InChI is InChI=1S/C30H22N2O3/c31-19-28(33)25-18-27(30(35)23-13-11-21(12-14-23)20-7-3-1-4-8-20)32-16-15-24(17-26(25)32)29(34)22-9-5-2-6-10-22/h1-18H,19,31H2. The van der Waals surface area contributed by atoms with Crippen LogP contribution in [0.1, 0.15) is 42.3 Å². The number of fused-ring (bicyclic) bond motifs is 1. The van der Waals surface area contributed by atoms with E-state index in [4.69, 9.17) is 5.73 Å². The smallest absolute Gasteiger partial charge is 0.209 e. The zero-order valence-corrected chi connectivity index (χ0v) is 18.8. The second-order valence-corrected chi connectivity index (χ2v) is 8.21. The Kier molecular flexibility index (Phi) is 5.92. The second-order valence-electron chi connectivity index (χ2n) is 8.21. The summed E-state index contributed by atoms with van der Waals surface area (Å²) in [6, 6.07) is 31.1. The van der Waals surface area contributed by atoms with Gasteiger partial charge in [-0.1, -0.05) is 84.9 Å². The normalized spacial score (nSPS) is 10.9. The molecule has 5 aromatic rings. The van der Waals surface area contributed by atoms with Gasteiger partial charge in [-0.25, -0.2) is 0 Å². The van der Waals surface area contributed by atoms with E-state index in [1.807, 2.05) is 48.5 Å². The third-order valence-corrected chi connectivity index (χ3v) is 6.04. The monoisotopic (exact) mass is 458 g/mol. The van der Waals surface area contributed by atoms with Crippen molar-refractivity contribution in [3.63, 3.8) is 0 Å².